The molecule has 0 aliphatic carbocycles. The van der Waals surface area contributed by atoms with Crippen LogP contribution in [0.2, 0.25) is 5.02 Å². The summed E-state index contributed by atoms with van der Waals surface area (Å²) in [5, 5.41) is 3.18. The van der Waals surface area contributed by atoms with E-state index in [1.54, 1.807) is 42.9 Å². The van der Waals surface area contributed by atoms with E-state index in [-0.39, 0.29) is 17.1 Å². The van der Waals surface area contributed by atoms with Gasteiger partial charge < -0.3 is 14.6 Å². The Morgan fingerprint density at radius 2 is 1.86 bits per heavy atom. The number of sulfonamides is 1. The number of rotatable bonds is 9. The largest absolute Gasteiger partial charge is 0.497 e. The van der Waals surface area contributed by atoms with Crippen molar-refractivity contribution in [3.05, 3.63) is 102 Å². The minimum Gasteiger partial charge on any atom is -0.497 e. The predicted molar refractivity (Wildman–Crippen MR) is 134 cm³/mol. The van der Waals surface area contributed by atoms with Crippen LogP contribution in [0, 0.1) is 0 Å². The van der Waals surface area contributed by atoms with Gasteiger partial charge in [-0.2, -0.15) is 0 Å². The molecule has 8 nitrogen and oxygen atoms in total. The van der Waals surface area contributed by atoms with Gasteiger partial charge in [0.1, 0.15) is 12.3 Å². The number of halogens is 1. The first-order valence-corrected chi connectivity index (χ1v) is 12.5. The molecule has 3 aromatic carbocycles. The van der Waals surface area contributed by atoms with Crippen LogP contribution in [-0.2, 0) is 21.4 Å². The van der Waals surface area contributed by atoms with Crippen LogP contribution >= 0.6 is 11.6 Å². The summed E-state index contributed by atoms with van der Waals surface area (Å²) < 4.78 is 35.0. The van der Waals surface area contributed by atoms with Crippen molar-refractivity contribution < 1.29 is 17.9 Å². The van der Waals surface area contributed by atoms with Crippen molar-refractivity contribution in [1.29, 1.82) is 0 Å². The van der Waals surface area contributed by atoms with Gasteiger partial charge in [-0.05, 0) is 54.1 Å². The zero-order valence-corrected chi connectivity index (χ0v) is 20.4. The highest BCUT2D eigenvalue weighted by Gasteiger charge is 2.27. The van der Waals surface area contributed by atoms with Crippen LogP contribution in [0.25, 0.3) is 5.69 Å². The second kappa shape index (κ2) is 10.6. The molecule has 0 fully saturated rings. The number of imidazole rings is 1. The van der Waals surface area contributed by atoms with Crippen molar-refractivity contribution in [2.45, 2.75) is 11.4 Å². The second-order valence-electron chi connectivity index (χ2n) is 7.54. The van der Waals surface area contributed by atoms with Crippen LogP contribution in [-0.4, -0.2) is 37.5 Å². The normalized spacial score (nSPS) is 11.1. The van der Waals surface area contributed by atoms with Crippen molar-refractivity contribution in [3.63, 3.8) is 0 Å². The Bertz CT molecular complexity index is 1410. The molecule has 1 amide bonds. The van der Waals surface area contributed by atoms with Gasteiger partial charge in [-0.1, -0.05) is 35.9 Å². The molecule has 0 radical (unpaired) electrons. The molecule has 1 heterocycles. The van der Waals surface area contributed by atoms with Crippen molar-refractivity contribution >= 4 is 33.2 Å². The summed E-state index contributed by atoms with van der Waals surface area (Å²) in [6.45, 7) is -0.221. The molecule has 180 valence electrons. The van der Waals surface area contributed by atoms with E-state index in [2.05, 4.69) is 10.3 Å². The lowest BCUT2D eigenvalue weighted by atomic mass is 10.1. The van der Waals surface area contributed by atoms with E-state index in [0.717, 1.165) is 15.6 Å². The number of amides is 1. The number of hydrogen-bond acceptors (Lipinski definition) is 5. The maximum absolute atomic E-state index is 13.5. The van der Waals surface area contributed by atoms with Crippen LogP contribution in [0.5, 0.6) is 5.75 Å². The van der Waals surface area contributed by atoms with E-state index in [4.69, 9.17) is 16.3 Å². The molecule has 1 N–H and O–H groups in total. The maximum Gasteiger partial charge on any atom is 0.264 e. The third-order valence-corrected chi connectivity index (χ3v) is 7.30. The Labute approximate surface area is 208 Å². The Kier molecular flexibility index (Phi) is 7.38. The maximum atomic E-state index is 13.5. The van der Waals surface area contributed by atoms with Crippen LogP contribution in [0.3, 0.4) is 0 Å². The fourth-order valence-corrected chi connectivity index (χ4v) is 5.11. The summed E-state index contributed by atoms with van der Waals surface area (Å²) in [5.74, 6) is 0.0510. The summed E-state index contributed by atoms with van der Waals surface area (Å²) in [4.78, 5) is 17.1. The monoisotopic (exact) mass is 510 g/mol. The smallest absolute Gasteiger partial charge is 0.264 e. The molecule has 0 saturated carbocycles. The average molecular weight is 511 g/mol. The molecule has 0 unspecified atom stereocenters. The minimum atomic E-state index is -4.07. The quantitative estimate of drug-likeness (QED) is 0.367. The van der Waals surface area contributed by atoms with Gasteiger partial charge in [0, 0.05) is 24.0 Å². The standard InChI is InChI=1S/C25H23ClN4O4S/c1-34-22-9-11-23(12-10-22)35(32,33)30(21-7-4-6-20(26)15-21)17-25(31)28-16-19-5-2-3-8-24(19)29-14-13-27-18-29/h2-15,18H,16-17H2,1H3,(H,28,31). The lowest BCUT2D eigenvalue weighted by Gasteiger charge is -2.24. The summed E-state index contributed by atoms with van der Waals surface area (Å²) >= 11 is 6.12. The van der Waals surface area contributed by atoms with Crippen LogP contribution in [0.4, 0.5) is 5.69 Å². The Balaban J connectivity index is 1.58. The number of nitrogens with one attached hydrogen (secondary N) is 1. The van der Waals surface area contributed by atoms with Crippen molar-refractivity contribution in [2.75, 3.05) is 18.0 Å². The van der Waals surface area contributed by atoms with Gasteiger partial charge in [-0.3, -0.25) is 9.10 Å². The number of aromatic nitrogens is 2. The molecule has 35 heavy (non-hydrogen) atoms. The topological polar surface area (TPSA) is 93.5 Å². The Morgan fingerprint density at radius 3 is 2.54 bits per heavy atom. The molecule has 0 atom stereocenters. The second-order valence-corrected chi connectivity index (χ2v) is 9.84. The number of methoxy groups -OCH3 is 1. The number of nitrogens with zero attached hydrogens (tertiary/aromatic N) is 3. The molecular weight excluding hydrogens is 488 g/mol. The molecule has 0 aliphatic rings. The average Bonchev–Trinajstić information content (AvgIpc) is 3.41. The summed E-state index contributed by atoms with van der Waals surface area (Å²) in [6, 6.07) is 19.9. The lowest BCUT2D eigenvalue weighted by Crippen LogP contribution is -2.40. The highest BCUT2D eigenvalue weighted by molar-refractivity contribution is 7.92. The van der Waals surface area contributed by atoms with Gasteiger partial charge in [0.05, 0.1) is 29.7 Å². The van der Waals surface area contributed by atoms with E-state index in [1.807, 2.05) is 35.0 Å². The first-order chi connectivity index (χ1) is 16.9. The summed E-state index contributed by atoms with van der Waals surface area (Å²) in [6.07, 6.45) is 5.15. The third kappa shape index (κ3) is 5.64. The molecule has 4 rings (SSSR count). The van der Waals surface area contributed by atoms with Crippen molar-refractivity contribution in [3.8, 4) is 11.4 Å². The number of benzene rings is 3. The molecule has 1 aromatic heterocycles. The summed E-state index contributed by atoms with van der Waals surface area (Å²) in [7, 11) is -2.57. The number of carbonyl (C=O) groups is 1. The number of carbonyl (C=O) groups excluding carboxylic acids is 1. The van der Waals surface area contributed by atoms with E-state index in [1.165, 1.54) is 25.3 Å². The van der Waals surface area contributed by atoms with Crippen molar-refractivity contribution in [2.24, 2.45) is 0 Å². The summed E-state index contributed by atoms with van der Waals surface area (Å²) in [5.41, 5.74) is 2.00. The molecule has 0 saturated heterocycles. The number of hydrogen-bond donors (Lipinski definition) is 1. The first-order valence-electron chi connectivity index (χ1n) is 10.6. The van der Waals surface area contributed by atoms with Crippen molar-refractivity contribution in [1.82, 2.24) is 14.9 Å². The Hall–Kier alpha value is -3.82. The number of ether oxygens (including phenoxy) is 1. The van der Waals surface area contributed by atoms with E-state index in [0.29, 0.717) is 10.8 Å². The lowest BCUT2D eigenvalue weighted by molar-refractivity contribution is -0.119. The fraction of sp³-hybridized carbons (Fsp3) is 0.120. The zero-order chi connectivity index (χ0) is 24.8. The van der Waals surface area contributed by atoms with E-state index in [9.17, 15) is 13.2 Å². The first kappa shape index (κ1) is 24.3. The highest BCUT2D eigenvalue weighted by Crippen LogP contribution is 2.27. The van der Waals surface area contributed by atoms with Crippen LogP contribution in [0.15, 0.2) is 96.4 Å². The molecular formula is C25H23ClN4O4S. The van der Waals surface area contributed by atoms with Crippen LogP contribution < -0.4 is 14.4 Å². The highest BCUT2D eigenvalue weighted by atomic mass is 35.5. The van der Waals surface area contributed by atoms with E-state index >= 15 is 0 Å². The third-order valence-electron chi connectivity index (χ3n) is 5.28. The number of para-hydroxylation sites is 1. The van der Waals surface area contributed by atoms with Gasteiger partial charge in [0.15, 0.2) is 0 Å². The fourth-order valence-electron chi connectivity index (χ4n) is 3.52. The molecule has 0 spiro atoms. The molecule has 0 aliphatic heterocycles. The SMILES string of the molecule is COc1ccc(S(=O)(=O)N(CC(=O)NCc2ccccc2-n2ccnc2)c2cccc(Cl)c2)cc1. The minimum absolute atomic E-state index is 0.0246. The number of anilines is 1. The zero-order valence-electron chi connectivity index (χ0n) is 18.8. The molecule has 0 bridgehead atoms. The molecule has 10 heteroatoms. The van der Waals surface area contributed by atoms with Gasteiger partial charge in [-0.15, -0.1) is 0 Å². The molecule has 4 aromatic rings. The predicted octanol–water partition coefficient (Wildman–Crippen LogP) is 4.05. The van der Waals surface area contributed by atoms with Gasteiger partial charge in [-0.25, -0.2) is 13.4 Å². The van der Waals surface area contributed by atoms with Crippen LogP contribution in [0.1, 0.15) is 5.56 Å². The van der Waals surface area contributed by atoms with E-state index < -0.39 is 22.5 Å². The van der Waals surface area contributed by atoms with Gasteiger partial charge in [0.2, 0.25) is 5.91 Å². The van der Waals surface area contributed by atoms with Gasteiger partial charge in [0.25, 0.3) is 10.0 Å². The van der Waals surface area contributed by atoms with Gasteiger partial charge >= 0.3 is 0 Å². The Morgan fingerprint density at radius 1 is 1.09 bits per heavy atom.